The smallest absolute Gasteiger partial charge is 0.324 e. The van der Waals surface area contributed by atoms with Crippen LogP contribution in [0.25, 0.3) is 0 Å². The number of carbonyl (C=O) groups is 2. The van der Waals surface area contributed by atoms with Crippen LogP contribution < -0.4 is 0 Å². The van der Waals surface area contributed by atoms with Gasteiger partial charge in [-0.2, -0.15) is 5.26 Å². The first-order valence-corrected chi connectivity index (χ1v) is 5.35. The van der Waals surface area contributed by atoms with Crippen LogP contribution in [0.2, 0.25) is 0 Å². The zero-order valence-electron chi connectivity index (χ0n) is 9.86. The molecule has 5 heteroatoms. The first-order valence-electron chi connectivity index (χ1n) is 5.35. The summed E-state index contributed by atoms with van der Waals surface area (Å²) in [5.74, 6) is -3.01. The molecule has 0 spiro atoms. The fourth-order valence-electron chi connectivity index (χ4n) is 1.33. The minimum Gasteiger partial charge on any atom is -0.466 e. The van der Waals surface area contributed by atoms with Crippen LogP contribution in [-0.4, -0.2) is 25.2 Å². The molecule has 2 unspecified atom stereocenters. The lowest BCUT2D eigenvalue weighted by Crippen LogP contribution is -2.31. The predicted octanol–water partition coefficient (Wildman–Crippen LogP) is 1.28. The van der Waals surface area contributed by atoms with E-state index in [1.165, 1.54) is 0 Å². The average molecular weight is 227 g/mol. The zero-order chi connectivity index (χ0) is 12.6. The van der Waals surface area contributed by atoms with E-state index in [1.54, 1.807) is 26.8 Å². The highest BCUT2D eigenvalue weighted by Crippen LogP contribution is 2.18. The second kappa shape index (κ2) is 7.69. The van der Waals surface area contributed by atoms with Crippen molar-refractivity contribution in [3.63, 3.8) is 0 Å². The highest BCUT2D eigenvalue weighted by atomic mass is 16.5. The summed E-state index contributed by atoms with van der Waals surface area (Å²) in [4.78, 5) is 22.9. The molecule has 0 fully saturated rings. The summed E-state index contributed by atoms with van der Waals surface area (Å²) >= 11 is 0. The van der Waals surface area contributed by atoms with Crippen molar-refractivity contribution in [2.24, 2.45) is 11.8 Å². The van der Waals surface area contributed by atoms with Crippen molar-refractivity contribution < 1.29 is 19.1 Å². The number of nitrogens with zero attached hydrogens (tertiary/aromatic N) is 1. The highest BCUT2D eigenvalue weighted by Gasteiger charge is 2.34. The second-order valence-electron chi connectivity index (χ2n) is 3.13. The molecule has 0 aromatic rings. The van der Waals surface area contributed by atoms with E-state index >= 15 is 0 Å². The second-order valence-corrected chi connectivity index (χ2v) is 3.13. The van der Waals surface area contributed by atoms with Crippen LogP contribution in [0.4, 0.5) is 0 Å². The van der Waals surface area contributed by atoms with Gasteiger partial charge in [-0.1, -0.05) is 6.92 Å². The molecule has 0 aliphatic rings. The van der Waals surface area contributed by atoms with Crippen LogP contribution in [0.1, 0.15) is 27.2 Å². The molecule has 2 atom stereocenters. The Morgan fingerprint density at radius 1 is 1.12 bits per heavy atom. The Balaban J connectivity index is 4.70. The van der Waals surface area contributed by atoms with E-state index in [0.717, 1.165) is 0 Å². The molecule has 0 aromatic heterocycles. The molecular formula is C11H17NO4. The minimum absolute atomic E-state index is 0.191. The summed E-state index contributed by atoms with van der Waals surface area (Å²) in [7, 11) is 0. The molecule has 0 N–H and O–H groups in total. The van der Waals surface area contributed by atoms with Gasteiger partial charge in [-0.25, -0.2) is 0 Å². The lowest BCUT2D eigenvalue weighted by molar-refractivity contribution is -0.158. The number of hydrogen-bond donors (Lipinski definition) is 0. The summed E-state index contributed by atoms with van der Waals surface area (Å²) in [6.45, 7) is 5.48. The standard InChI is InChI=1S/C11H17NO4/c1-4-8(10(13)15-5-2)9(7-12)11(14)16-6-3/h8-9H,4-6H2,1-3H3. The van der Waals surface area contributed by atoms with Crippen LogP contribution in [0.3, 0.4) is 0 Å². The van der Waals surface area contributed by atoms with Gasteiger partial charge in [-0.05, 0) is 20.3 Å². The van der Waals surface area contributed by atoms with Gasteiger partial charge in [-0.3, -0.25) is 9.59 Å². The van der Waals surface area contributed by atoms with Crippen LogP contribution in [0.5, 0.6) is 0 Å². The summed E-state index contributed by atoms with van der Waals surface area (Å²) in [6, 6.07) is 1.80. The summed E-state index contributed by atoms with van der Waals surface area (Å²) in [6.07, 6.45) is 0.371. The van der Waals surface area contributed by atoms with Gasteiger partial charge >= 0.3 is 11.9 Å². The first-order chi connectivity index (χ1) is 7.62. The Hall–Kier alpha value is -1.57. The van der Waals surface area contributed by atoms with Crippen molar-refractivity contribution in [2.45, 2.75) is 27.2 Å². The SMILES string of the molecule is CCOC(=O)C(C#N)C(CC)C(=O)OCC. The topological polar surface area (TPSA) is 76.4 Å². The first kappa shape index (κ1) is 14.4. The Kier molecular flexibility index (Phi) is 6.93. The number of ether oxygens (including phenoxy) is 2. The zero-order valence-corrected chi connectivity index (χ0v) is 9.86. The predicted molar refractivity (Wildman–Crippen MR) is 56.2 cm³/mol. The molecule has 0 saturated heterocycles. The molecule has 5 nitrogen and oxygen atoms in total. The molecule has 0 amide bonds. The van der Waals surface area contributed by atoms with Crippen molar-refractivity contribution >= 4 is 11.9 Å². The molecule has 0 bridgehead atoms. The molecular weight excluding hydrogens is 210 g/mol. The van der Waals surface area contributed by atoms with Crippen LogP contribution in [0, 0.1) is 23.2 Å². The highest BCUT2D eigenvalue weighted by molar-refractivity contribution is 5.84. The van der Waals surface area contributed by atoms with Gasteiger partial charge in [0.1, 0.15) is 0 Å². The van der Waals surface area contributed by atoms with Crippen molar-refractivity contribution in [1.82, 2.24) is 0 Å². The van der Waals surface area contributed by atoms with Gasteiger partial charge in [0.15, 0.2) is 5.92 Å². The van der Waals surface area contributed by atoms with Crippen molar-refractivity contribution in [3.05, 3.63) is 0 Å². The van der Waals surface area contributed by atoms with Crippen LogP contribution in [-0.2, 0) is 19.1 Å². The number of esters is 2. The van der Waals surface area contributed by atoms with Gasteiger partial charge in [0, 0.05) is 0 Å². The molecule has 0 heterocycles. The summed E-state index contributed by atoms with van der Waals surface area (Å²) in [5.41, 5.74) is 0. The van der Waals surface area contributed by atoms with Gasteiger partial charge in [0.2, 0.25) is 0 Å². The Morgan fingerprint density at radius 3 is 2.00 bits per heavy atom. The summed E-state index contributed by atoms with van der Waals surface area (Å²) < 4.78 is 9.54. The van der Waals surface area contributed by atoms with Gasteiger partial charge in [0.25, 0.3) is 0 Å². The molecule has 0 rings (SSSR count). The number of carbonyl (C=O) groups excluding carboxylic acids is 2. The van der Waals surface area contributed by atoms with E-state index in [0.29, 0.717) is 6.42 Å². The molecule has 0 aromatic carbocycles. The lowest BCUT2D eigenvalue weighted by atomic mass is 9.91. The fraction of sp³-hybridized carbons (Fsp3) is 0.727. The average Bonchev–Trinajstić information content (AvgIpc) is 2.25. The molecule has 0 radical (unpaired) electrons. The van der Waals surface area contributed by atoms with Crippen molar-refractivity contribution in [3.8, 4) is 6.07 Å². The molecule has 90 valence electrons. The molecule has 16 heavy (non-hydrogen) atoms. The van der Waals surface area contributed by atoms with Crippen LogP contribution in [0.15, 0.2) is 0 Å². The Morgan fingerprint density at radius 2 is 1.62 bits per heavy atom. The lowest BCUT2D eigenvalue weighted by Gasteiger charge is -2.17. The maximum atomic E-state index is 11.5. The monoisotopic (exact) mass is 227 g/mol. The minimum atomic E-state index is -1.08. The normalized spacial score (nSPS) is 13.4. The maximum Gasteiger partial charge on any atom is 0.324 e. The fourth-order valence-corrected chi connectivity index (χ4v) is 1.33. The quantitative estimate of drug-likeness (QED) is 0.639. The van der Waals surface area contributed by atoms with E-state index in [4.69, 9.17) is 14.7 Å². The van der Waals surface area contributed by atoms with Gasteiger partial charge in [0.05, 0.1) is 25.2 Å². The number of nitriles is 1. The molecule has 0 saturated carbocycles. The third-order valence-corrected chi connectivity index (χ3v) is 2.11. The third kappa shape index (κ3) is 3.89. The van der Waals surface area contributed by atoms with E-state index in [-0.39, 0.29) is 13.2 Å². The number of rotatable bonds is 6. The van der Waals surface area contributed by atoms with Crippen molar-refractivity contribution in [2.75, 3.05) is 13.2 Å². The van der Waals surface area contributed by atoms with E-state index in [1.807, 2.05) is 0 Å². The van der Waals surface area contributed by atoms with Crippen LogP contribution >= 0.6 is 0 Å². The largest absolute Gasteiger partial charge is 0.466 e. The maximum absolute atomic E-state index is 11.5. The molecule has 0 aliphatic carbocycles. The summed E-state index contributed by atoms with van der Waals surface area (Å²) in [5, 5.41) is 8.88. The Labute approximate surface area is 95.3 Å². The van der Waals surface area contributed by atoms with E-state index < -0.39 is 23.8 Å². The van der Waals surface area contributed by atoms with Gasteiger partial charge < -0.3 is 9.47 Å². The third-order valence-electron chi connectivity index (χ3n) is 2.11. The van der Waals surface area contributed by atoms with Crippen molar-refractivity contribution in [1.29, 1.82) is 5.26 Å². The van der Waals surface area contributed by atoms with E-state index in [9.17, 15) is 9.59 Å². The van der Waals surface area contributed by atoms with E-state index in [2.05, 4.69) is 0 Å². The molecule has 0 aliphatic heterocycles. The Bertz CT molecular complexity index is 282. The number of hydrogen-bond acceptors (Lipinski definition) is 5. The van der Waals surface area contributed by atoms with Gasteiger partial charge in [-0.15, -0.1) is 0 Å².